The van der Waals surface area contributed by atoms with E-state index in [-0.39, 0.29) is 11.8 Å². The van der Waals surface area contributed by atoms with Crippen LogP contribution in [0.2, 0.25) is 0 Å². The maximum absolute atomic E-state index is 12.9. The zero-order valence-electron chi connectivity index (χ0n) is 16.7. The highest BCUT2D eigenvalue weighted by atomic mass is 32.1. The lowest BCUT2D eigenvalue weighted by Crippen LogP contribution is -2.50. The monoisotopic (exact) mass is 396 g/mol. The van der Waals surface area contributed by atoms with Crippen molar-refractivity contribution in [3.63, 3.8) is 0 Å². The molecule has 148 valence electrons. The number of benzene rings is 1. The standard InChI is InChI=1S/C23H28N2O2S/c1-3-17-5-7-18(8-6-17)22(26)24-10-12-25(13-11-24)23(27)21-15-19-14-16(2)4-9-20(19)28-21/h5-8,15-16H,3-4,9-14H2,1-2H3. The molecular formula is C23H28N2O2S. The van der Waals surface area contributed by atoms with E-state index in [1.165, 1.54) is 22.4 Å². The fourth-order valence-corrected chi connectivity index (χ4v) is 5.32. The van der Waals surface area contributed by atoms with Gasteiger partial charge in [0.05, 0.1) is 4.88 Å². The molecule has 0 spiro atoms. The smallest absolute Gasteiger partial charge is 0.264 e. The number of rotatable bonds is 3. The van der Waals surface area contributed by atoms with Gasteiger partial charge in [-0.1, -0.05) is 26.0 Å². The molecule has 4 nitrogen and oxygen atoms in total. The van der Waals surface area contributed by atoms with Crippen LogP contribution in [-0.4, -0.2) is 47.8 Å². The molecule has 1 fully saturated rings. The Bertz CT molecular complexity index is 863. The zero-order valence-corrected chi connectivity index (χ0v) is 17.6. The van der Waals surface area contributed by atoms with Crippen LogP contribution in [0.5, 0.6) is 0 Å². The number of nitrogens with zero attached hydrogens (tertiary/aromatic N) is 2. The molecule has 1 aliphatic carbocycles. The summed E-state index contributed by atoms with van der Waals surface area (Å²) in [5.74, 6) is 0.910. The zero-order chi connectivity index (χ0) is 19.7. The highest BCUT2D eigenvalue weighted by Crippen LogP contribution is 2.32. The van der Waals surface area contributed by atoms with Gasteiger partial charge in [0.25, 0.3) is 11.8 Å². The molecule has 1 aromatic heterocycles. The van der Waals surface area contributed by atoms with E-state index in [1.807, 2.05) is 34.1 Å². The summed E-state index contributed by atoms with van der Waals surface area (Å²) in [6, 6.07) is 9.98. The molecule has 5 heteroatoms. The van der Waals surface area contributed by atoms with Crippen LogP contribution in [-0.2, 0) is 19.3 Å². The SMILES string of the molecule is CCc1ccc(C(=O)N2CCN(C(=O)c3cc4c(s3)CCC(C)C4)CC2)cc1. The van der Waals surface area contributed by atoms with E-state index in [4.69, 9.17) is 0 Å². The molecule has 1 unspecified atom stereocenters. The van der Waals surface area contributed by atoms with Crippen molar-refractivity contribution >= 4 is 23.2 Å². The van der Waals surface area contributed by atoms with Gasteiger partial charge in [-0.15, -0.1) is 11.3 Å². The first kappa shape index (κ1) is 19.2. The summed E-state index contributed by atoms with van der Waals surface area (Å²) in [7, 11) is 0. The number of carbonyl (C=O) groups excluding carboxylic acids is 2. The number of hydrogen-bond acceptors (Lipinski definition) is 3. The lowest BCUT2D eigenvalue weighted by atomic mass is 9.90. The van der Waals surface area contributed by atoms with Crippen LogP contribution in [0.3, 0.4) is 0 Å². The quantitative estimate of drug-likeness (QED) is 0.786. The Morgan fingerprint density at radius 1 is 1.04 bits per heavy atom. The van der Waals surface area contributed by atoms with Gasteiger partial charge in [0.15, 0.2) is 0 Å². The van der Waals surface area contributed by atoms with Crippen molar-refractivity contribution < 1.29 is 9.59 Å². The first-order valence-electron chi connectivity index (χ1n) is 10.3. The van der Waals surface area contributed by atoms with Gasteiger partial charge in [0.1, 0.15) is 0 Å². The van der Waals surface area contributed by atoms with E-state index >= 15 is 0 Å². The lowest BCUT2D eigenvalue weighted by Gasteiger charge is -2.34. The Labute approximate surface area is 171 Å². The molecule has 0 bridgehead atoms. The van der Waals surface area contributed by atoms with Crippen LogP contribution in [0.4, 0.5) is 0 Å². The summed E-state index contributed by atoms with van der Waals surface area (Å²) in [6.45, 7) is 6.81. The van der Waals surface area contributed by atoms with Crippen molar-refractivity contribution in [1.82, 2.24) is 9.80 Å². The molecule has 2 heterocycles. The van der Waals surface area contributed by atoms with Crippen LogP contribution in [0.15, 0.2) is 30.3 Å². The van der Waals surface area contributed by atoms with Crippen molar-refractivity contribution in [3.8, 4) is 0 Å². The maximum Gasteiger partial charge on any atom is 0.264 e. The van der Waals surface area contributed by atoms with Crippen molar-refractivity contribution in [2.24, 2.45) is 5.92 Å². The van der Waals surface area contributed by atoms with E-state index < -0.39 is 0 Å². The predicted molar refractivity (Wildman–Crippen MR) is 113 cm³/mol. The van der Waals surface area contributed by atoms with Gasteiger partial charge in [0.2, 0.25) is 0 Å². The predicted octanol–water partition coefficient (Wildman–Crippen LogP) is 4.03. The largest absolute Gasteiger partial charge is 0.335 e. The van der Waals surface area contributed by atoms with Gasteiger partial charge < -0.3 is 9.80 Å². The third-order valence-corrected chi connectivity index (χ3v) is 7.23. The number of carbonyl (C=O) groups is 2. The molecule has 0 saturated carbocycles. The molecule has 1 saturated heterocycles. The molecule has 1 atom stereocenters. The van der Waals surface area contributed by atoms with Crippen LogP contribution < -0.4 is 0 Å². The molecule has 0 radical (unpaired) electrons. The second-order valence-electron chi connectivity index (χ2n) is 8.04. The normalized spacial score (nSPS) is 19.4. The summed E-state index contributed by atoms with van der Waals surface area (Å²) in [5.41, 5.74) is 3.34. The molecule has 28 heavy (non-hydrogen) atoms. The summed E-state index contributed by atoms with van der Waals surface area (Å²) in [5, 5.41) is 0. The topological polar surface area (TPSA) is 40.6 Å². The number of hydrogen-bond donors (Lipinski definition) is 0. The minimum atomic E-state index is 0.0651. The van der Waals surface area contributed by atoms with Crippen LogP contribution in [0.25, 0.3) is 0 Å². The third-order valence-electron chi connectivity index (χ3n) is 6.00. The first-order valence-corrected chi connectivity index (χ1v) is 11.2. The maximum atomic E-state index is 12.9. The van der Waals surface area contributed by atoms with Gasteiger partial charge in [-0.25, -0.2) is 0 Å². The summed E-state index contributed by atoms with van der Waals surface area (Å²) >= 11 is 1.67. The van der Waals surface area contributed by atoms with Crippen LogP contribution in [0.1, 0.15) is 56.3 Å². The minimum absolute atomic E-state index is 0.0651. The van der Waals surface area contributed by atoms with Crippen LogP contribution >= 0.6 is 11.3 Å². The average molecular weight is 397 g/mol. The van der Waals surface area contributed by atoms with Crippen molar-refractivity contribution in [2.45, 2.75) is 39.5 Å². The fraction of sp³-hybridized carbons (Fsp3) is 0.478. The van der Waals surface area contributed by atoms with Crippen molar-refractivity contribution in [1.29, 1.82) is 0 Å². The number of amides is 2. The molecule has 1 aromatic carbocycles. The minimum Gasteiger partial charge on any atom is -0.335 e. The van der Waals surface area contributed by atoms with E-state index in [0.717, 1.165) is 29.7 Å². The third kappa shape index (κ3) is 3.86. The fourth-order valence-electron chi connectivity index (χ4n) is 4.15. The van der Waals surface area contributed by atoms with E-state index in [0.29, 0.717) is 32.1 Å². The first-order chi connectivity index (χ1) is 13.5. The highest BCUT2D eigenvalue weighted by Gasteiger charge is 2.28. The molecule has 2 aromatic rings. The Morgan fingerprint density at radius 2 is 1.68 bits per heavy atom. The van der Waals surface area contributed by atoms with E-state index in [1.54, 1.807) is 11.3 Å². The van der Waals surface area contributed by atoms with Gasteiger partial charge in [-0.3, -0.25) is 9.59 Å². The number of fused-ring (bicyclic) bond motifs is 1. The highest BCUT2D eigenvalue weighted by molar-refractivity contribution is 7.14. The number of aryl methyl sites for hydroxylation is 2. The molecule has 4 rings (SSSR count). The van der Waals surface area contributed by atoms with E-state index in [2.05, 4.69) is 19.9 Å². The molecular weight excluding hydrogens is 368 g/mol. The van der Waals surface area contributed by atoms with Crippen molar-refractivity contribution in [2.75, 3.05) is 26.2 Å². The Balaban J connectivity index is 1.37. The number of thiophene rings is 1. The van der Waals surface area contributed by atoms with Gasteiger partial charge in [0, 0.05) is 36.6 Å². The molecule has 0 N–H and O–H groups in total. The van der Waals surface area contributed by atoms with Crippen molar-refractivity contribution in [3.05, 3.63) is 56.8 Å². The summed E-state index contributed by atoms with van der Waals surface area (Å²) in [4.78, 5) is 31.7. The second kappa shape index (κ2) is 8.08. The second-order valence-corrected chi connectivity index (χ2v) is 9.18. The molecule has 2 amide bonds. The summed E-state index contributed by atoms with van der Waals surface area (Å²) < 4.78 is 0. The summed E-state index contributed by atoms with van der Waals surface area (Å²) in [6.07, 6.45) is 4.40. The molecule has 2 aliphatic rings. The van der Waals surface area contributed by atoms with Gasteiger partial charge in [-0.05, 0) is 60.9 Å². The van der Waals surface area contributed by atoms with Gasteiger partial charge in [-0.2, -0.15) is 0 Å². The van der Waals surface area contributed by atoms with E-state index in [9.17, 15) is 9.59 Å². The Hall–Kier alpha value is -2.14. The Morgan fingerprint density at radius 3 is 2.32 bits per heavy atom. The lowest BCUT2D eigenvalue weighted by molar-refractivity contribution is 0.0538. The van der Waals surface area contributed by atoms with Crippen LogP contribution in [0, 0.1) is 5.92 Å². The Kier molecular flexibility index (Phi) is 5.54. The van der Waals surface area contributed by atoms with Gasteiger partial charge >= 0.3 is 0 Å². The molecule has 1 aliphatic heterocycles. The number of piperazine rings is 1. The average Bonchev–Trinajstić information content (AvgIpc) is 3.16.